The van der Waals surface area contributed by atoms with Gasteiger partial charge in [0.15, 0.2) is 0 Å². The Labute approximate surface area is 171 Å². The van der Waals surface area contributed by atoms with Crippen molar-refractivity contribution in [3.8, 4) is 0 Å². The van der Waals surface area contributed by atoms with Crippen molar-refractivity contribution in [3.63, 3.8) is 0 Å². The molecule has 0 unspecified atom stereocenters. The monoisotopic (exact) mass is 389 g/mol. The number of nitrogens with zero attached hydrogens (tertiary/aromatic N) is 3. The second-order valence-electron chi connectivity index (χ2n) is 7.55. The SMILES string of the molecule is CN1CCN(c2ccc(C(=O)Nc3cc(CCc4ccccc4)n[nH]3)cc2)CC1. The van der Waals surface area contributed by atoms with E-state index in [-0.39, 0.29) is 5.91 Å². The molecule has 2 aromatic carbocycles. The number of piperazine rings is 1. The summed E-state index contributed by atoms with van der Waals surface area (Å²) in [4.78, 5) is 17.2. The van der Waals surface area contributed by atoms with Gasteiger partial charge in [-0.2, -0.15) is 5.10 Å². The number of hydrogen-bond donors (Lipinski definition) is 2. The normalized spacial score (nSPS) is 14.7. The Kier molecular flexibility index (Phi) is 5.91. The van der Waals surface area contributed by atoms with E-state index in [0.29, 0.717) is 11.4 Å². The van der Waals surface area contributed by atoms with E-state index >= 15 is 0 Å². The third-order valence-electron chi connectivity index (χ3n) is 5.39. The molecule has 1 aromatic heterocycles. The third kappa shape index (κ3) is 5.03. The number of aryl methyl sites for hydroxylation is 2. The van der Waals surface area contributed by atoms with Crippen LogP contribution < -0.4 is 10.2 Å². The Morgan fingerprint density at radius 1 is 1.00 bits per heavy atom. The summed E-state index contributed by atoms with van der Waals surface area (Å²) in [6, 6.07) is 20.1. The van der Waals surface area contributed by atoms with Crippen molar-refractivity contribution < 1.29 is 4.79 Å². The zero-order chi connectivity index (χ0) is 20.1. The van der Waals surface area contributed by atoms with Crippen molar-refractivity contribution in [1.82, 2.24) is 15.1 Å². The van der Waals surface area contributed by atoms with Crippen LogP contribution in [-0.2, 0) is 12.8 Å². The third-order valence-corrected chi connectivity index (χ3v) is 5.39. The van der Waals surface area contributed by atoms with Crippen molar-refractivity contribution in [2.45, 2.75) is 12.8 Å². The highest BCUT2D eigenvalue weighted by atomic mass is 16.1. The van der Waals surface area contributed by atoms with Crippen molar-refractivity contribution in [3.05, 3.63) is 77.5 Å². The van der Waals surface area contributed by atoms with Crippen LogP contribution in [0.2, 0.25) is 0 Å². The average Bonchev–Trinajstić information content (AvgIpc) is 3.21. The number of carbonyl (C=O) groups excluding carboxylic acids is 1. The van der Waals surface area contributed by atoms with E-state index in [2.05, 4.69) is 44.5 Å². The Balaban J connectivity index is 1.31. The average molecular weight is 390 g/mol. The fourth-order valence-corrected chi connectivity index (χ4v) is 3.56. The van der Waals surface area contributed by atoms with Crippen molar-refractivity contribution in [2.75, 3.05) is 43.4 Å². The summed E-state index contributed by atoms with van der Waals surface area (Å²) in [5, 5.41) is 10.1. The van der Waals surface area contributed by atoms with Gasteiger partial charge in [0.2, 0.25) is 0 Å². The Morgan fingerprint density at radius 2 is 1.72 bits per heavy atom. The summed E-state index contributed by atoms with van der Waals surface area (Å²) < 4.78 is 0. The lowest BCUT2D eigenvalue weighted by atomic mass is 10.1. The summed E-state index contributed by atoms with van der Waals surface area (Å²) >= 11 is 0. The predicted molar refractivity (Wildman–Crippen MR) is 117 cm³/mol. The summed E-state index contributed by atoms with van der Waals surface area (Å²) in [6.07, 6.45) is 1.75. The molecule has 29 heavy (non-hydrogen) atoms. The number of carbonyl (C=O) groups is 1. The summed E-state index contributed by atoms with van der Waals surface area (Å²) in [5.74, 6) is 0.495. The molecule has 0 radical (unpaired) electrons. The van der Waals surface area contributed by atoms with Crippen molar-refractivity contribution in [2.24, 2.45) is 0 Å². The minimum Gasteiger partial charge on any atom is -0.369 e. The molecule has 0 saturated carbocycles. The predicted octanol–water partition coefficient (Wildman–Crippen LogP) is 3.20. The van der Waals surface area contributed by atoms with Gasteiger partial charge in [0.1, 0.15) is 5.82 Å². The first kappa shape index (κ1) is 19.2. The summed E-state index contributed by atoms with van der Waals surface area (Å²) in [6.45, 7) is 4.16. The van der Waals surface area contributed by atoms with Gasteiger partial charge in [-0.3, -0.25) is 9.89 Å². The molecule has 1 amide bonds. The molecule has 1 aliphatic heterocycles. The molecule has 3 aromatic rings. The van der Waals surface area contributed by atoms with Gasteiger partial charge in [-0.25, -0.2) is 0 Å². The molecule has 2 N–H and O–H groups in total. The minimum atomic E-state index is -0.131. The lowest BCUT2D eigenvalue weighted by molar-refractivity contribution is 0.102. The number of aromatic nitrogens is 2. The zero-order valence-electron chi connectivity index (χ0n) is 16.8. The molecule has 6 nitrogen and oxygen atoms in total. The fraction of sp³-hybridized carbons (Fsp3) is 0.304. The zero-order valence-corrected chi connectivity index (χ0v) is 16.8. The number of aromatic amines is 1. The van der Waals surface area contributed by atoms with Gasteiger partial charge in [0, 0.05) is 43.5 Å². The van der Waals surface area contributed by atoms with Crippen LogP contribution >= 0.6 is 0 Å². The van der Waals surface area contributed by atoms with Crippen LogP contribution in [-0.4, -0.2) is 54.2 Å². The topological polar surface area (TPSA) is 64.3 Å². The summed E-state index contributed by atoms with van der Waals surface area (Å²) in [5.41, 5.74) is 4.03. The molecular weight excluding hydrogens is 362 g/mol. The second kappa shape index (κ2) is 8.92. The molecule has 0 bridgehead atoms. The van der Waals surface area contributed by atoms with E-state index in [0.717, 1.165) is 44.7 Å². The quantitative estimate of drug-likeness (QED) is 0.680. The minimum absolute atomic E-state index is 0.131. The first-order valence-corrected chi connectivity index (χ1v) is 10.1. The first-order valence-electron chi connectivity index (χ1n) is 10.1. The smallest absolute Gasteiger partial charge is 0.256 e. The van der Waals surface area contributed by atoms with Crippen LogP contribution in [0, 0.1) is 0 Å². The molecule has 4 rings (SSSR count). The standard InChI is InChI=1S/C23H27N5O/c1-27-13-15-28(16-14-27)21-11-8-19(9-12-21)23(29)24-22-17-20(25-26-22)10-7-18-5-3-2-4-6-18/h2-6,8-9,11-12,17H,7,10,13-16H2,1H3,(H2,24,25,26,29). The van der Waals surface area contributed by atoms with Gasteiger partial charge in [0.25, 0.3) is 5.91 Å². The highest BCUT2D eigenvalue weighted by Crippen LogP contribution is 2.18. The van der Waals surface area contributed by atoms with Crippen LogP contribution in [0.1, 0.15) is 21.6 Å². The Morgan fingerprint density at radius 3 is 2.45 bits per heavy atom. The number of likely N-dealkylation sites (N-methyl/N-ethyl adjacent to an activating group) is 1. The molecule has 2 heterocycles. The largest absolute Gasteiger partial charge is 0.369 e. The molecule has 1 aliphatic rings. The number of benzene rings is 2. The second-order valence-corrected chi connectivity index (χ2v) is 7.55. The van der Waals surface area contributed by atoms with Gasteiger partial charge >= 0.3 is 0 Å². The maximum absolute atomic E-state index is 12.6. The van der Waals surface area contributed by atoms with E-state index in [9.17, 15) is 4.79 Å². The van der Waals surface area contributed by atoms with E-state index < -0.39 is 0 Å². The molecule has 0 atom stereocenters. The van der Waals surface area contributed by atoms with Crippen LogP contribution in [0.4, 0.5) is 11.5 Å². The van der Waals surface area contributed by atoms with E-state index in [1.54, 1.807) is 0 Å². The highest BCUT2D eigenvalue weighted by molar-refractivity contribution is 6.03. The van der Waals surface area contributed by atoms with Crippen molar-refractivity contribution >= 4 is 17.4 Å². The molecule has 6 heteroatoms. The molecular formula is C23H27N5O. The van der Waals surface area contributed by atoms with Crippen molar-refractivity contribution in [1.29, 1.82) is 0 Å². The number of hydrogen-bond acceptors (Lipinski definition) is 4. The number of rotatable bonds is 6. The number of nitrogens with one attached hydrogen (secondary N) is 2. The van der Waals surface area contributed by atoms with Crippen LogP contribution in [0.5, 0.6) is 0 Å². The first-order chi connectivity index (χ1) is 14.2. The number of amides is 1. The lowest BCUT2D eigenvalue weighted by Gasteiger charge is -2.34. The molecule has 1 fully saturated rings. The van der Waals surface area contributed by atoms with E-state index in [1.807, 2.05) is 48.5 Å². The summed E-state index contributed by atoms with van der Waals surface area (Å²) in [7, 11) is 2.15. The maximum atomic E-state index is 12.6. The number of anilines is 2. The van der Waals surface area contributed by atoms with Crippen LogP contribution in [0.25, 0.3) is 0 Å². The van der Waals surface area contributed by atoms with Crippen LogP contribution in [0.3, 0.4) is 0 Å². The lowest BCUT2D eigenvalue weighted by Crippen LogP contribution is -2.44. The highest BCUT2D eigenvalue weighted by Gasteiger charge is 2.15. The van der Waals surface area contributed by atoms with Gasteiger partial charge in [-0.1, -0.05) is 30.3 Å². The molecule has 0 aliphatic carbocycles. The van der Waals surface area contributed by atoms with E-state index in [1.165, 1.54) is 11.3 Å². The molecule has 0 spiro atoms. The van der Waals surface area contributed by atoms with Gasteiger partial charge in [-0.15, -0.1) is 0 Å². The molecule has 1 saturated heterocycles. The van der Waals surface area contributed by atoms with Crippen LogP contribution in [0.15, 0.2) is 60.7 Å². The Hall–Kier alpha value is -3.12. The van der Waals surface area contributed by atoms with Gasteiger partial charge in [0.05, 0.1) is 5.69 Å². The number of H-pyrrole nitrogens is 1. The van der Waals surface area contributed by atoms with Gasteiger partial charge in [-0.05, 0) is 49.7 Å². The van der Waals surface area contributed by atoms with E-state index in [4.69, 9.17) is 0 Å². The van der Waals surface area contributed by atoms with Gasteiger partial charge < -0.3 is 15.1 Å². The molecule has 150 valence electrons. The Bertz CT molecular complexity index is 927. The fourth-order valence-electron chi connectivity index (χ4n) is 3.56. The maximum Gasteiger partial charge on any atom is 0.256 e.